The van der Waals surface area contributed by atoms with Gasteiger partial charge in [0.15, 0.2) is 0 Å². The second kappa shape index (κ2) is 22.8. The monoisotopic (exact) mass is 397 g/mol. The third kappa shape index (κ3) is 26.0. The molecule has 0 rings (SSSR count). The lowest BCUT2D eigenvalue weighted by Gasteiger charge is -2.02. The van der Waals surface area contributed by atoms with Gasteiger partial charge in [0.25, 0.3) is 0 Å². The Hall–Kier alpha value is -0.210. The first-order valence-corrected chi connectivity index (χ1v) is 11.6. The van der Waals surface area contributed by atoms with Gasteiger partial charge in [-0.25, -0.2) is 4.18 Å². The summed E-state index contributed by atoms with van der Waals surface area (Å²) in [6.07, 6.45) is 19.9. The van der Waals surface area contributed by atoms with E-state index in [2.05, 4.69) is 15.3 Å². The van der Waals surface area contributed by atoms with Crippen LogP contribution in [-0.2, 0) is 18.8 Å². The highest BCUT2D eigenvalue weighted by molar-refractivity contribution is 7.81. The highest BCUT2D eigenvalue weighted by atomic mass is 32.3. The van der Waals surface area contributed by atoms with Crippen molar-refractivity contribution in [1.82, 2.24) is 0 Å². The zero-order chi connectivity index (χ0) is 19.9. The molecule has 0 aliphatic rings. The standard InChI is InChI=1S/C16H35N.C3H8O5S/c1-2-3-4-5-6-7-8-9-10-11-12-13-14-15-16-17;1-7-9(5,6)8-3-2-4/h2-17H2,1H3;4H,2-3H2,1H3. The van der Waals surface area contributed by atoms with Crippen molar-refractivity contribution in [3.05, 3.63) is 0 Å². The number of aliphatic hydroxyl groups excluding tert-OH is 1. The molecule has 0 aromatic rings. The van der Waals surface area contributed by atoms with Crippen molar-refractivity contribution in [1.29, 1.82) is 0 Å². The summed E-state index contributed by atoms with van der Waals surface area (Å²) in [6, 6.07) is 0. The summed E-state index contributed by atoms with van der Waals surface area (Å²) in [4.78, 5) is 0. The van der Waals surface area contributed by atoms with Gasteiger partial charge in [0.05, 0.1) is 20.3 Å². The molecule has 0 amide bonds. The third-order valence-corrected chi connectivity index (χ3v) is 4.94. The Morgan fingerprint density at radius 1 is 0.769 bits per heavy atom. The minimum atomic E-state index is -3.84. The Kier molecular flexibility index (Phi) is 24.6. The normalized spacial score (nSPS) is 11.2. The van der Waals surface area contributed by atoms with E-state index < -0.39 is 10.4 Å². The van der Waals surface area contributed by atoms with Crippen molar-refractivity contribution in [2.45, 2.75) is 96.8 Å². The number of unbranched alkanes of at least 4 members (excludes halogenated alkanes) is 13. The van der Waals surface area contributed by atoms with Crippen LogP contribution in [0.4, 0.5) is 0 Å². The summed E-state index contributed by atoms with van der Waals surface area (Å²) in [5.41, 5.74) is 5.47. The Morgan fingerprint density at radius 3 is 1.46 bits per heavy atom. The van der Waals surface area contributed by atoms with Crippen LogP contribution in [0.2, 0.25) is 0 Å². The van der Waals surface area contributed by atoms with Gasteiger partial charge in [-0.05, 0) is 13.0 Å². The molecule has 26 heavy (non-hydrogen) atoms. The lowest BCUT2D eigenvalue weighted by molar-refractivity contribution is 0.180. The maximum Gasteiger partial charge on any atom is 0.399 e. The quantitative estimate of drug-likeness (QED) is 0.334. The molecule has 3 N–H and O–H groups in total. The molecule has 0 fully saturated rings. The van der Waals surface area contributed by atoms with Crippen LogP contribution in [0.1, 0.15) is 96.8 Å². The van der Waals surface area contributed by atoms with Crippen molar-refractivity contribution in [3.8, 4) is 0 Å². The molecule has 0 atom stereocenters. The summed E-state index contributed by atoms with van der Waals surface area (Å²) < 4.78 is 28.3. The van der Waals surface area contributed by atoms with E-state index in [4.69, 9.17) is 10.8 Å². The molecule has 0 saturated heterocycles. The predicted octanol–water partition coefficient (Wildman–Crippen LogP) is 4.31. The Morgan fingerprint density at radius 2 is 1.15 bits per heavy atom. The molecule has 0 radical (unpaired) electrons. The van der Waals surface area contributed by atoms with E-state index >= 15 is 0 Å². The molecule has 0 aliphatic heterocycles. The van der Waals surface area contributed by atoms with Crippen molar-refractivity contribution in [2.75, 3.05) is 26.9 Å². The molecule has 0 spiro atoms. The summed E-state index contributed by atoms with van der Waals surface area (Å²) in [5, 5.41) is 8.08. The molecule has 0 unspecified atom stereocenters. The molecule has 0 aliphatic carbocycles. The van der Waals surface area contributed by atoms with E-state index in [1.54, 1.807) is 0 Å². The molecular formula is C19H43NO5S. The highest BCUT2D eigenvalue weighted by Crippen LogP contribution is 2.12. The topological polar surface area (TPSA) is 98.9 Å². The van der Waals surface area contributed by atoms with E-state index in [-0.39, 0.29) is 13.2 Å². The Bertz CT molecular complexity index is 336. The van der Waals surface area contributed by atoms with Crippen LogP contribution in [0, 0.1) is 0 Å². The molecule has 7 heteroatoms. The molecule has 6 nitrogen and oxygen atoms in total. The van der Waals surface area contributed by atoms with Crippen molar-refractivity contribution >= 4 is 10.4 Å². The van der Waals surface area contributed by atoms with Gasteiger partial charge in [-0.2, -0.15) is 8.42 Å². The zero-order valence-electron chi connectivity index (χ0n) is 17.1. The number of aliphatic hydroxyl groups is 1. The van der Waals surface area contributed by atoms with Crippen LogP contribution >= 0.6 is 0 Å². The van der Waals surface area contributed by atoms with Crippen molar-refractivity contribution in [3.63, 3.8) is 0 Å². The summed E-state index contributed by atoms with van der Waals surface area (Å²) >= 11 is 0. The van der Waals surface area contributed by atoms with Gasteiger partial charge in [0, 0.05) is 0 Å². The lowest BCUT2D eigenvalue weighted by Crippen LogP contribution is -2.10. The molecular weight excluding hydrogens is 354 g/mol. The van der Waals surface area contributed by atoms with E-state index in [0.29, 0.717) is 0 Å². The van der Waals surface area contributed by atoms with Crippen LogP contribution < -0.4 is 5.73 Å². The van der Waals surface area contributed by atoms with Gasteiger partial charge >= 0.3 is 10.4 Å². The average Bonchev–Trinajstić information content (AvgIpc) is 2.64. The fourth-order valence-electron chi connectivity index (χ4n) is 2.53. The fourth-order valence-corrected chi connectivity index (χ4v) is 2.90. The second-order valence-electron chi connectivity index (χ2n) is 6.51. The molecule has 0 aromatic heterocycles. The van der Waals surface area contributed by atoms with E-state index in [0.717, 1.165) is 13.7 Å². The van der Waals surface area contributed by atoms with Crippen molar-refractivity contribution < 1.29 is 21.9 Å². The van der Waals surface area contributed by atoms with Crippen LogP contribution in [0.25, 0.3) is 0 Å². The van der Waals surface area contributed by atoms with Gasteiger partial charge in [-0.15, -0.1) is 0 Å². The van der Waals surface area contributed by atoms with Crippen LogP contribution in [0.5, 0.6) is 0 Å². The average molecular weight is 398 g/mol. The van der Waals surface area contributed by atoms with Crippen LogP contribution in [-0.4, -0.2) is 40.4 Å². The predicted molar refractivity (Wildman–Crippen MR) is 108 cm³/mol. The van der Waals surface area contributed by atoms with E-state index in [9.17, 15) is 8.42 Å². The van der Waals surface area contributed by atoms with E-state index in [1.807, 2.05) is 0 Å². The number of hydrogen-bond donors (Lipinski definition) is 2. The fraction of sp³-hybridized carbons (Fsp3) is 1.00. The highest BCUT2D eigenvalue weighted by Gasteiger charge is 2.06. The number of rotatable bonds is 18. The molecule has 0 saturated carbocycles. The molecule has 0 bridgehead atoms. The first-order valence-electron chi connectivity index (χ1n) is 10.3. The largest absolute Gasteiger partial charge is 0.399 e. The van der Waals surface area contributed by atoms with Gasteiger partial charge in [-0.3, -0.25) is 4.18 Å². The van der Waals surface area contributed by atoms with E-state index in [1.165, 1.54) is 89.9 Å². The molecule has 0 aromatic carbocycles. The second-order valence-corrected chi connectivity index (χ2v) is 7.89. The summed E-state index contributed by atoms with van der Waals surface area (Å²) in [7, 11) is -2.86. The maximum absolute atomic E-state index is 10.2. The zero-order valence-corrected chi connectivity index (χ0v) is 17.9. The molecule has 0 heterocycles. The molecule has 160 valence electrons. The van der Waals surface area contributed by atoms with Gasteiger partial charge in [0.1, 0.15) is 0 Å². The maximum atomic E-state index is 10.2. The number of hydrogen-bond acceptors (Lipinski definition) is 6. The van der Waals surface area contributed by atoms with Crippen molar-refractivity contribution in [2.24, 2.45) is 5.73 Å². The van der Waals surface area contributed by atoms with Crippen LogP contribution in [0.3, 0.4) is 0 Å². The SMILES string of the molecule is CCCCCCCCCCCCCCCCN.COS(=O)(=O)OCCO. The van der Waals surface area contributed by atoms with Crippen LogP contribution in [0.15, 0.2) is 0 Å². The minimum Gasteiger partial charge on any atom is -0.394 e. The minimum absolute atomic E-state index is 0.268. The Labute approximate surface area is 162 Å². The van der Waals surface area contributed by atoms with Gasteiger partial charge in [-0.1, -0.05) is 90.4 Å². The first kappa shape index (κ1) is 28.0. The summed E-state index contributed by atoms with van der Waals surface area (Å²) in [6.45, 7) is 2.55. The Balaban J connectivity index is 0. The number of nitrogens with two attached hydrogens (primary N) is 1. The summed E-state index contributed by atoms with van der Waals surface area (Å²) in [5.74, 6) is 0. The lowest BCUT2D eigenvalue weighted by atomic mass is 10.0. The van der Waals surface area contributed by atoms with Gasteiger partial charge in [0.2, 0.25) is 0 Å². The van der Waals surface area contributed by atoms with Gasteiger partial charge < -0.3 is 10.8 Å². The first-order chi connectivity index (χ1) is 12.5. The smallest absolute Gasteiger partial charge is 0.394 e. The third-order valence-electron chi connectivity index (χ3n) is 4.08.